The van der Waals surface area contributed by atoms with Crippen molar-refractivity contribution < 1.29 is 89.2 Å². The van der Waals surface area contributed by atoms with Gasteiger partial charge in [-0.15, -0.1) is 0 Å². The van der Waals surface area contributed by atoms with Crippen molar-refractivity contribution in [1.82, 2.24) is 19.6 Å². The number of nitro benzene ring substituents is 1. The summed E-state index contributed by atoms with van der Waals surface area (Å²) in [6, 6.07) is 35.4. The Kier molecular flexibility index (Phi) is 28.5. The third-order valence-electron chi connectivity index (χ3n) is 15.0. The van der Waals surface area contributed by atoms with E-state index in [-0.39, 0.29) is 98.9 Å². The largest absolute Gasteiger partial charge is 0.514 e. The average Bonchev–Trinajstić information content (AvgIpc) is 2.20. The fraction of sp³-hybridized carbons (Fsp3) is 0.484. The maximum absolute atomic E-state index is 13.7. The number of aliphatic hydroxyl groups excluding tert-OH is 2. The first-order chi connectivity index (χ1) is 43.7. The second kappa shape index (κ2) is 36.3. The van der Waals surface area contributed by atoms with E-state index < -0.39 is 73.7 Å². The molecule has 2 aliphatic carbocycles. The van der Waals surface area contributed by atoms with Crippen LogP contribution in [0.5, 0.6) is 5.75 Å². The lowest BCUT2D eigenvalue weighted by Gasteiger charge is -2.32. The van der Waals surface area contributed by atoms with Crippen LogP contribution in [0.4, 0.5) is 15.3 Å². The fourth-order valence-corrected chi connectivity index (χ4v) is 12.7. The molecule has 0 unspecified atom stereocenters. The van der Waals surface area contributed by atoms with Crippen LogP contribution in [-0.4, -0.2) is 161 Å². The number of nitrogens with zero attached hydrogens (tertiary/aromatic N) is 3. The average molecular weight is 1310 g/mol. The van der Waals surface area contributed by atoms with E-state index in [0.717, 1.165) is 95.4 Å². The molecular formula is C64H83N5O20S2. The predicted molar refractivity (Wildman–Crippen MR) is 331 cm³/mol. The fourth-order valence-electron chi connectivity index (χ4n) is 10.1. The molecule has 2 aliphatic heterocycles. The number of aryl methyl sites for hydroxylation is 2. The molecule has 5 aromatic rings. The highest BCUT2D eigenvalue weighted by Gasteiger charge is 2.37. The van der Waals surface area contributed by atoms with Crippen LogP contribution >= 0.6 is 0 Å². The van der Waals surface area contributed by atoms with E-state index in [0.29, 0.717) is 6.42 Å². The lowest BCUT2D eigenvalue weighted by molar-refractivity contribution is -0.384. The molecule has 27 heteroatoms. The van der Waals surface area contributed by atoms with Gasteiger partial charge in [-0.2, -0.15) is 0 Å². The highest BCUT2D eigenvalue weighted by Crippen LogP contribution is 2.28. The first kappa shape index (κ1) is 71.5. The van der Waals surface area contributed by atoms with Crippen LogP contribution in [0, 0.1) is 24.0 Å². The van der Waals surface area contributed by atoms with E-state index in [2.05, 4.69) is 10.6 Å². The number of amides is 2. The summed E-state index contributed by atoms with van der Waals surface area (Å²) in [4.78, 5) is 58.1. The van der Waals surface area contributed by atoms with Crippen molar-refractivity contribution >= 4 is 43.9 Å². The Morgan fingerprint density at radius 3 is 1.35 bits per heavy atom. The minimum atomic E-state index is -4.10. The zero-order valence-corrected chi connectivity index (χ0v) is 53.0. The van der Waals surface area contributed by atoms with Crippen molar-refractivity contribution in [2.45, 2.75) is 156 Å². The number of aliphatic hydroxyl groups is 2. The number of hydrogen-bond acceptors (Lipinski definition) is 20. The van der Waals surface area contributed by atoms with Gasteiger partial charge >= 0.3 is 12.2 Å². The number of nitro groups is 1. The SMILES string of the molecule is CC(=O)N[C@@H](Cc1ccccc1)[C@H](O)CN(OC1CCCCC1)S(=O)(=O)c1ccc(C)cc1.Cc1ccc(S(=O)(=O)N(C[C@@H](O)[C@H](Cc2ccccc2)NC(=O)OC2COCOC2)OC2CCCCC2)cc1.O=C(Oc1ccc([N+](=O)[O-])cc1)OC1COCOC1. The van der Waals surface area contributed by atoms with Crippen molar-refractivity contribution in [1.29, 1.82) is 0 Å². The molecule has 0 radical (unpaired) electrons. The summed E-state index contributed by atoms with van der Waals surface area (Å²) >= 11 is 0. The van der Waals surface area contributed by atoms with Crippen LogP contribution in [0.3, 0.4) is 0 Å². The van der Waals surface area contributed by atoms with Gasteiger partial charge in [0.25, 0.3) is 25.7 Å². The summed E-state index contributed by atoms with van der Waals surface area (Å²) in [5, 5.41) is 38.4. The number of carbonyl (C=O) groups excluding carboxylic acids is 3. The molecule has 496 valence electrons. The van der Waals surface area contributed by atoms with Crippen LogP contribution in [0.1, 0.15) is 93.4 Å². The Hall–Kier alpha value is -6.99. The lowest BCUT2D eigenvalue weighted by atomic mass is 9.98. The quantitative estimate of drug-likeness (QED) is 0.0196. The van der Waals surface area contributed by atoms with Gasteiger partial charge in [-0.05, 0) is 99.9 Å². The Bertz CT molecular complexity index is 3240. The van der Waals surface area contributed by atoms with Crippen molar-refractivity contribution in [3.8, 4) is 5.75 Å². The number of rotatable bonds is 24. The topological polar surface area (TPSA) is 317 Å². The molecule has 4 N–H and O–H groups in total. The van der Waals surface area contributed by atoms with Crippen LogP contribution in [0.2, 0.25) is 0 Å². The summed E-state index contributed by atoms with van der Waals surface area (Å²) in [5.74, 6) is -0.135. The Labute approximate surface area is 531 Å². The van der Waals surface area contributed by atoms with Crippen molar-refractivity contribution in [3.05, 3.63) is 166 Å². The minimum absolute atomic E-state index is 0.0698. The van der Waals surface area contributed by atoms with Gasteiger partial charge in [-0.25, -0.2) is 26.4 Å². The van der Waals surface area contributed by atoms with Gasteiger partial charge in [-0.1, -0.05) is 144 Å². The maximum Gasteiger partial charge on any atom is 0.514 e. The van der Waals surface area contributed by atoms with E-state index in [1.54, 1.807) is 36.4 Å². The molecule has 0 bridgehead atoms. The number of sulfonamides is 2. The number of carbonyl (C=O) groups is 3. The zero-order chi connectivity index (χ0) is 65.2. The molecule has 2 heterocycles. The van der Waals surface area contributed by atoms with Crippen LogP contribution in [-0.2, 0) is 75.8 Å². The number of nitrogens with one attached hydrogen (secondary N) is 2. The molecule has 4 atom stereocenters. The summed E-state index contributed by atoms with van der Waals surface area (Å²) in [7, 11) is -8.10. The number of hydrogen-bond donors (Lipinski definition) is 4. The molecule has 2 amide bonds. The molecule has 91 heavy (non-hydrogen) atoms. The van der Waals surface area contributed by atoms with E-state index in [1.165, 1.54) is 43.3 Å². The minimum Gasteiger partial charge on any atom is -0.441 e. The number of non-ortho nitro benzene ring substituents is 1. The lowest BCUT2D eigenvalue weighted by Crippen LogP contribution is -2.52. The third-order valence-corrected chi connectivity index (χ3v) is 18.3. The first-order valence-corrected chi connectivity index (χ1v) is 33.2. The smallest absolute Gasteiger partial charge is 0.441 e. The van der Waals surface area contributed by atoms with Crippen molar-refractivity contribution in [3.63, 3.8) is 0 Å². The van der Waals surface area contributed by atoms with E-state index in [4.69, 9.17) is 42.8 Å². The Morgan fingerprint density at radius 2 is 0.956 bits per heavy atom. The van der Waals surface area contributed by atoms with Crippen LogP contribution in [0.15, 0.2) is 143 Å². The van der Waals surface area contributed by atoms with Gasteiger partial charge in [0.15, 0.2) is 12.2 Å². The van der Waals surface area contributed by atoms with Gasteiger partial charge in [0.2, 0.25) is 5.91 Å². The molecule has 25 nitrogen and oxygen atoms in total. The highest BCUT2D eigenvalue weighted by molar-refractivity contribution is 7.89. The number of alkyl carbamates (subject to hydrolysis) is 1. The van der Waals surface area contributed by atoms with Gasteiger partial charge in [0.05, 0.1) is 90.7 Å². The van der Waals surface area contributed by atoms with Crippen LogP contribution in [0.25, 0.3) is 0 Å². The van der Waals surface area contributed by atoms with Crippen molar-refractivity contribution in [2.75, 3.05) is 53.1 Å². The summed E-state index contributed by atoms with van der Waals surface area (Å²) in [5.41, 5.74) is 3.56. The predicted octanol–water partition coefficient (Wildman–Crippen LogP) is 8.16. The van der Waals surface area contributed by atoms with E-state index >= 15 is 0 Å². The van der Waals surface area contributed by atoms with Gasteiger partial charge < -0.3 is 54.0 Å². The molecular weight excluding hydrogens is 1220 g/mol. The molecule has 2 saturated carbocycles. The molecule has 0 spiro atoms. The second-order valence-electron chi connectivity index (χ2n) is 22.5. The summed E-state index contributed by atoms with van der Waals surface area (Å²) in [6.45, 7) is 5.70. The van der Waals surface area contributed by atoms with E-state index in [1.807, 2.05) is 74.5 Å². The summed E-state index contributed by atoms with van der Waals surface area (Å²) in [6.07, 6.45) is 3.94. The van der Waals surface area contributed by atoms with Gasteiger partial charge in [-0.3, -0.25) is 24.6 Å². The van der Waals surface area contributed by atoms with E-state index in [9.17, 15) is 51.5 Å². The number of benzene rings is 5. The monoisotopic (exact) mass is 1310 g/mol. The Balaban J connectivity index is 0.000000205. The third kappa shape index (κ3) is 23.9. The standard InChI is InChI=1S/C28H38N2O8S.C25H34N2O5S.C11H11NO7/c1-21-12-14-25(15-13-21)39(33,34)30(38-23-10-6-3-7-11-23)17-27(31)26(16-22-8-4-2-5-9-22)29-28(32)37-24-18-35-20-36-19-24;1-19-13-15-23(16-14-19)33(30,31)27(32-22-11-7-4-8-12-22)18-25(29)24(26-20(2)28)17-21-9-5-3-6-10-21;13-11(19-10-5-16-7-17-6-10)18-9-3-1-8(2-4-9)12(14)15/h2,4-5,8-9,12-15,23-24,26-27,31H,3,6-7,10-11,16-20H2,1H3,(H,29,32);3,5-6,9-10,13-16,22,24-25,29H,4,7-8,11-12,17-18H2,1-2H3,(H,26,28);1-4,10H,5-7H2/t26-,27+;24-,25+;/m00./s1. The Morgan fingerprint density at radius 1 is 0.560 bits per heavy atom. The molecule has 4 aliphatic rings. The molecule has 4 fully saturated rings. The maximum atomic E-state index is 13.7. The normalized spacial score (nSPS) is 17.6. The highest BCUT2D eigenvalue weighted by atomic mass is 32.2. The first-order valence-electron chi connectivity index (χ1n) is 30.4. The molecule has 9 rings (SSSR count). The zero-order valence-electron chi connectivity index (χ0n) is 51.4. The second-order valence-corrected chi connectivity index (χ2v) is 26.2. The molecule has 2 saturated heterocycles. The van der Waals surface area contributed by atoms with Gasteiger partial charge in [0.1, 0.15) is 19.3 Å². The van der Waals surface area contributed by atoms with Gasteiger partial charge in [0, 0.05) is 19.1 Å². The number of hydroxylamine groups is 2. The van der Waals surface area contributed by atoms with Crippen molar-refractivity contribution in [2.24, 2.45) is 0 Å². The molecule has 5 aromatic carbocycles. The molecule has 0 aromatic heterocycles. The summed E-state index contributed by atoms with van der Waals surface area (Å²) < 4.78 is 91.5. The van der Waals surface area contributed by atoms with Crippen LogP contribution < -0.4 is 15.4 Å². The number of ether oxygens (including phenoxy) is 7.